The number of H-pyrrole nitrogens is 1. The van der Waals surface area contributed by atoms with E-state index < -0.39 is 5.69 Å². The predicted octanol–water partition coefficient (Wildman–Crippen LogP) is 1.33. The van der Waals surface area contributed by atoms with E-state index in [0.29, 0.717) is 12.2 Å². The lowest BCUT2D eigenvalue weighted by atomic mass is 10.1. The number of amides is 2. The molecule has 1 N–H and O–H groups in total. The maximum Gasteiger partial charge on any atom is 0.345 e. The van der Waals surface area contributed by atoms with E-state index in [1.54, 1.807) is 24.9 Å². The van der Waals surface area contributed by atoms with Gasteiger partial charge in [-0.2, -0.15) is 4.98 Å². The first-order valence-electron chi connectivity index (χ1n) is 8.95. The molecule has 1 saturated heterocycles. The highest BCUT2D eigenvalue weighted by Crippen LogP contribution is 2.46. The van der Waals surface area contributed by atoms with Crippen LogP contribution in [0.5, 0.6) is 0 Å². The number of likely N-dealkylation sites (N-methyl/N-ethyl adjacent to an activating group) is 1. The van der Waals surface area contributed by atoms with Gasteiger partial charge in [-0.05, 0) is 45.1 Å². The van der Waals surface area contributed by atoms with Crippen LogP contribution in [0.1, 0.15) is 55.2 Å². The van der Waals surface area contributed by atoms with Crippen molar-refractivity contribution in [2.75, 3.05) is 20.1 Å². The average molecular weight is 346 g/mol. The second-order valence-corrected chi connectivity index (χ2v) is 7.63. The summed E-state index contributed by atoms with van der Waals surface area (Å²) >= 11 is 0. The second kappa shape index (κ2) is 6.61. The first-order chi connectivity index (χ1) is 11.8. The van der Waals surface area contributed by atoms with Crippen molar-refractivity contribution in [2.45, 2.75) is 52.0 Å². The van der Waals surface area contributed by atoms with Crippen LogP contribution in [0.3, 0.4) is 0 Å². The summed E-state index contributed by atoms with van der Waals surface area (Å²) in [6.07, 6.45) is 4.70. The number of carbonyl (C=O) groups excluding carboxylic acids is 2. The van der Waals surface area contributed by atoms with E-state index in [2.05, 4.69) is 9.97 Å². The Labute approximate surface area is 147 Å². The van der Waals surface area contributed by atoms with E-state index in [-0.39, 0.29) is 29.0 Å². The van der Waals surface area contributed by atoms with Crippen molar-refractivity contribution in [3.05, 3.63) is 27.9 Å². The zero-order chi connectivity index (χ0) is 18.2. The molecular weight excluding hydrogens is 320 g/mol. The predicted molar refractivity (Wildman–Crippen MR) is 93.2 cm³/mol. The Morgan fingerprint density at radius 3 is 2.72 bits per heavy atom. The minimum atomic E-state index is -0.518. The molecular formula is C18H26N4O3. The Balaban J connectivity index is 1.75. The first kappa shape index (κ1) is 17.6. The monoisotopic (exact) mass is 346 g/mol. The molecule has 1 aliphatic carbocycles. The second-order valence-electron chi connectivity index (χ2n) is 7.63. The highest BCUT2D eigenvalue weighted by atomic mass is 16.2. The Hall–Kier alpha value is -2.18. The van der Waals surface area contributed by atoms with Gasteiger partial charge in [-0.1, -0.05) is 6.92 Å². The summed E-state index contributed by atoms with van der Waals surface area (Å²) in [6.45, 7) is 5.06. The summed E-state index contributed by atoms with van der Waals surface area (Å²) in [4.78, 5) is 46.9. The number of rotatable bonds is 3. The molecule has 2 aliphatic rings. The van der Waals surface area contributed by atoms with Crippen molar-refractivity contribution in [3.8, 4) is 0 Å². The largest absolute Gasteiger partial charge is 0.345 e. The van der Waals surface area contributed by atoms with Crippen molar-refractivity contribution >= 4 is 11.8 Å². The lowest BCUT2D eigenvalue weighted by Crippen LogP contribution is -2.47. The molecule has 3 rings (SSSR count). The average Bonchev–Trinajstić information content (AvgIpc) is 3.35. The van der Waals surface area contributed by atoms with Crippen molar-refractivity contribution in [1.82, 2.24) is 19.8 Å². The molecule has 1 aromatic rings. The van der Waals surface area contributed by atoms with Crippen LogP contribution in [-0.4, -0.2) is 57.8 Å². The van der Waals surface area contributed by atoms with Gasteiger partial charge in [0.2, 0.25) is 5.91 Å². The number of likely N-dealkylation sites (tertiary alicyclic amines) is 1. The lowest BCUT2D eigenvalue weighted by molar-refractivity contribution is -0.136. The maximum absolute atomic E-state index is 12.8. The number of nitrogens with one attached hydrogen (secondary N) is 1. The number of hydrogen-bond acceptors (Lipinski definition) is 4. The standard InChI is InChI=1S/C18H26N4O3/c1-12-10-14(20-17(25)19-12)15(23)21(3)13-6-4-5-9-22(11-13)16(24)18(2)7-8-18/h10,13H,4-9,11H2,1-3H3,(H,19,20,25). The quantitative estimate of drug-likeness (QED) is 0.895. The third kappa shape index (κ3) is 3.75. The fraction of sp³-hybridized carbons (Fsp3) is 0.667. The van der Waals surface area contributed by atoms with Crippen LogP contribution in [0.2, 0.25) is 0 Å². The highest BCUT2D eigenvalue weighted by Gasteiger charge is 2.47. The van der Waals surface area contributed by atoms with Crippen molar-refractivity contribution in [1.29, 1.82) is 0 Å². The Bertz CT molecular complexity index is 738. The fourth-order valence-corrected chi connectivity index (χ4v) is 3.44. The van der Waals surface area contributed by atoms with Gasteiger partial charge in [-0.3, -0.25) is 9.59 Å². The van der Waals surface area contributed by atoms with E-state index >= 15 is 0 Å². The Morgan fingerprint density at radius 2 is 2.08 bits per heavy atom. The molecule has 1 saturated carbocycles. The minimum Gasteiger partial charge on any atom is -0.340 e. The van der Waals surface area contributed by atoms with Gasteiger partial charge in [0.15, 0.2) is 0 Å². The van der Waals surface area contributed by atoms with Crippen LogP contribution in [0.4, 0.5) is 0 Å². The third-order valence-corrected chi connectivity index (χ3v) is 5.42. The van der Waals surface area contributed by atoms with Crippen molar-refractivity contribution in [3.63, 3.8) is 0 Å². The maximum atomic E-state index is 12.8. The zero-order valence-electron chi connectivity index (χ0n) is 15.2. The van der Waals surface area contributed by atoms with E-state index in [1.807, 2.05) is 11.8 Å². The molecule has 25 heavy (non-hydrogen) atoms. The first-order valence-corrected chi connectivity index (χ1v) is 8.95. The molecule has 1 atom stereocenters. The van der Waals surface area contributed by atoms with Crippen LogP contribution in [-0.2, 0) is 4.79 Å². The number of aromatic nitrogens is 2. The van der Waals surface area contributed by atoms with Gasteiger partial charge >= 0.3 is 5.69 Å². The molecule has 2 amide bonds. The van der Waals surface area contributed by atoms with Crippen molar-refractivity contribution in [2.24, 2.45) is 5.41 Å². The lowest BCUT2D eigenvalue weighted by Gasteiger charge is -2.32. The highest BCUT2D eigenvalue weighted by molar-refractivity contribution is 5.92. The minimum absolute atomic E-state index is 0.0531. The molecule has 2 fully saturated rings. The summed E-state index contributed by atoms with van der Waals surface area (Å²) in [7, 11) is 1.73. The molecule has 0 spiro atoms. The summed E-state index contributed by atoms with van der Waals surface area (Å²) in [5, 5.41) is 0. The zero-order valence-corrected chi connectivity index (χ0v) is 15.2. The normalized spacial score (nSPS) is 22.2. The van der Waals surface area contributed by atoms with Crippen LogP contribution in [0.25, 0.3) is 0 Å². The third-order valence-electron chi connectivity index (χ3n) is 5.42. The Morgan fingerprint density at radius 1 is 1.36 bits per heavy atom. The molecule has 1 unspecified atom stereocenters. The molecule has 0 radical (unpaired) electrons. The van der Waals surface area contributed by atoms with E-state index in [1.165, 1.54) is 0 Å². The summed E-state index contributed by atoms with van der Waals surface area (Å²) in [5.74, 6) is -0.0588. The van der Waals surface area contributed by atoms with Crippen LogP contribution >= 0.6 is 0 Å². The van der Waals surface area contributed by atoms with Crippen LogP contribution in [0.15, 0.2) is 10.9 Å². The topological polar surface area (TPSA) is 86.4 Å². The van der Waals surface area contributed by atoms with Crippen LogP contribution in [0, 0.1) is 12.3 Å². The van der Waals surface area contributed by atoms with Gasteiger partial charge in [0.05, 0.1) is 0 Å². The van der Waals surface area contributed by atoms with Gasteiger partial charge in [0.1, 0.15) is 5.69 Å². The number of hydrogen-bond donors (Lipinski definition) is 1. The summed E-state index contributed by atoms with van der Waals surface area (Å²) < 4.78 is 0. The molecule has 7 nitrogen and oxygen atoms in total. The summed E-state index contributed by atoms with van der Waals surface area (Å²) in [5.41, 5.74) is 0.0512. The van der Waals surface area contributed by atoms with Gasteiger partial charge in [-0.25, -0.2) is 4.79 Å². The smallest absolute Gasteiger partial charge is 0.340 e. The molecule has 7 heteroatoms. The van der Waals surface area contributed by atoms with E-state index in [0.717, 1.165) is 38.6 Å². The summed E-state index contributed by atoms with van der Waals surface area (Å²) in [6, 6.07) is 1.54. The SMILES string of the molecule is Cc1cc(C(=O)N(C)C2CCCCN(C(=O)C3(C)CC3)C2)nc(=O)[nH]1. The van der Waals surface area contributed by atoms with Crippen LogP contribution < -0.4 is 5.69 Å². The molecule has 0 aromatic carbocycles. The number of aromatic amines is 1. The Kier molecular flexibility index (Phi) is 4.67. The van der Waals surface area contributed by atoms with Gasteiger partial charge in [0.25, 0.3) is 5.91 Å². The number of carbonyl (C=O) groups is 2. The van der Waals surface area contributed by atoms with E-state index in [4.69, 9.17) is 0 Å². The van der Waals surface area contributed by atoms with Crippen molar-refractivity contribution < 1.29 is 9.59 Å². The molecule has 1 aromatic heterocycles. The van der Waals surface area contributed by atoms with Gasteiger partial charge in [-0.15, -0.1) is 0 Å². The molecule has 0 bridgehead atoms. The van der Waals surface area contributed by atoms with Gasteiger partial charge in [0, 0.05) is 37.3 Å². The number of aryl methyl sites for hydroxylation is 1. The van der Waals surface area contributed by atoms with Gasteiger partial charge < -0.3 is 14.8 Å². The van der Waals surface area contributed by atoms with E-state index in [9.17, 15) is 14.4 Å². The number of nitrogens with zero attached hydrogens (tertiary/aromatic N) is 3. The molecule has 1 aliphatic heterocycles. The molecule has 2 heterocycles. The molecule has 136 valence electrons. The fourth-order valence-electron chi connectivity index (χ4n) is 3.44.